The molecule has 1 heterocycles. The molecule has 60 valence electrons. The number of nitrogens with two attached hydrogens (primary N) is 1. The highest BCUT2D eigenvalue weighted by Crippen LogP contribution is 2.20. The van der Waals surface area contributed by atoms with Crippen LogP contribution in [0.2, 0.25) is 0 Å². The Bertz CT molecular complexity index is 426. The molecule has 0 atom stereocenters. The van der Waals surface area contributed by atoms with Crippen molar-refractivity contribution < 1.29 is 0 Å². The Morgan fingerprint density at radius 2 is 2.17 bits per heavy atom. The van der Waals surface area contributed by atoms with Crippen molar-refractivity contribution in [3.8, 4) is 0 Å². The molecule has 2 aromatic rings. The van der Waals surface area contributed by atoms with E-state index in [1.165, 1.54) is 0 Å². The first-order chi connectivity index (χ1) is 5.77. The number of nitrogens with zero attached hydrogens (tertiary/aromatic N) is 1. The Labute approximate surface area is 83.9 Å². The smallest absolute Gasteiger partial charge is 0.102 e. The van der Waals surface area contributed by atoms with Crippen LogP contribution >= 0.6 is 22.6 Å². The number of rotatable bonds is 0. The largest absolute Gasteiger partial charge is 0.398 e. The first-order valence-electron chi connectivity index (χ1n) is 3.57. The van der Waals surface area contributed by atoms with Crippen LogP contribution in [0, 0.1) is 3.70 Å². The van der Waals surface area contributed by atoms with E-state index < -0.39 is 0 Å². The number of pyridine rings is 1. The number of halogens is 1. The van der Waals surface area contributed by atoms with E-state index in [9.17, 15) is 0 Å². The highest BCUT2D eigenvalue weighted by atomic mass is 127. The zero-order chi connectivity index (χ0) is 8.55. The van der Waals surface area contributed by atoms with Crippen molar-refractivity contribution in [2.24, 2.45) is 0 Å². The summed E-state index contributed by atoms with van der Waals surface area (Å²) in [5, 5.41) is 2.17. The van der Waals surface area contributed by atoms with Crippen molar-refractivity contribution in [3.05, 3.63) is 34.2 Å². The Hall–Kier alpha value is -0.840. The molecule has 0 aliphatic rings. The lowest BCUT2D eigenvalue weighted by Gasteiger charge is -2.00. The number of hydrogen-bond acceptors (Lipinski definition) is 2. The van der Waals surface area contributed by atoms with E-state index in [4.69, 9.17) is 5.73 Å². The molecule has 0 spiro atoms. The van der Waals surface area contributed by atoms with Gasteiger partial charge in [-0.15, -0.1) is 0 Å². The molecule has 1 aromatic heterocycles. The van der Waals surface area contributed by atoms with Gasteiger partial charge in [0.2, 0.25) is 0 Å². The quantitative estimate of drug-likeness (QED) is 0.453. The Balaban J connectivity index is 2.88. The van der Waals surface area contributed by atoms with Gasteiger partial charge in [0.25, 0.3) is 0 Å². The number of benzene rings is 1. The molecule has 0 bridgehead atoms. The van der Waals surface area contributed by atoms with Gasteiger partial charge in [-0.05, 0) is 34.7 Å². The predicted octanol–water partition coefficient (Wildman–Crippen LogP) is 2.42. The van der Waals surface area contributed by atoms with Gasteiger partial charge in [-0.2, -0.15) is 0 Å². The molecule has 0 aliphatic heterocycles. The average molecular weight is 270 g/mol. The van der Waals surface area contributed by atoms with Crippen LogP contribution in [-0.4, -0.2) is 4.98 Å². The van der Waals surface area contributed by atoms with Gasteiger partial charge < -0.3 is 5.73 Å². The van der Waals surface area contributed by atoms with Gasteiger partial charge in [0.05, 0.1) is 0 Å². The van der Waals surface area contributed by atoms with Crippen LogP contribution in [0.5, 0.6) is 0 Å². The van der Waals surface area contributed by atoms with Crippen LogP contribution in [0.15, 0.2) is 30.5 Å². The van der Waals surface area contributed by atoms with Crippen LogP contribution < -0.4 is 5.73 Å². The standard InChI is InChI=1S/C9H7IN2/c10-9-4-7-6(5-12-9)2-1-3-8(7)11/h1-5H,11H2. The Morgan fingerprint density at radius 1 is 1.33 bits per heavy atom. The number of hydrogen-bond donors (Lipinski definition) is 1. The summed E-state index contributed by atoms with van der Waals surface area (Å²) in [5.74, 6) is 0. The van der Waals surface area contributed by atoms with Crippen LogP contribution in [-0.2, 0) is 0 Å². The predicted molar refractivity (Wildman–Crippen MR) is 58.9 cm³/mol. The summed E-state index contributed by atoms with van der Waals surface area (Å²) in [4.78, 5) is 4.18. The molecule has 2 rings (SSSR count). The normalized spacial score (nSPS) is 10.4. The molecule has 0 amide bonds. The van der Waals surface area contributed by atoms with Crippen LogP contribution in [0.25, 0.3) is 10.8 Å². The summed E-state index contributed by atoms with van der Waals surface area (Å²) < 4.78 is 0.970. The Kier molecular flexibility index (Phi) is 1.88. The third kappa shape index (κ3) is 1.24. The lowest BCUT2D eigenvalue weighted by Crippen LogP contribution is -1.88. The van der Waals surface area contributed by atoms with Gasteiger partial charge in [-0.1, -0.05) is 12.1 Å². The van der Waals surface area contributed by atoms with E-state index in [-0.39, 0.29) is 0 Å². The fraction of sp³-hybridized carbons (Fsp3) is 0. The fourth-order valence-electron chi connectivity index (χ4n) is 1.17. The Morgan fingerprint density at radius 3 is 3.00 bits per heavy atom. The van der Waals surface area contributed by atoms with Crippen molar-refractivity contribution in [2.45, 2.75) is 0 Å². The fourth-order valence-corrected chi connectivity index (χ4v) is 1.62. The minimum Gasteiger partial charge on any atom is -0.398 e. The minimum atomic E-state index is 0.813. The SMILES string of the molecule is Nc1cccc2cnc(I)cc12. The van der Waals surface area contributed by atoms with Crippen LogP contribution in [0.3, 0.4) is 0 Å². The lowest BCUT2D eigenvalue weighted by molar-refractivity contribution is 1.30. The average Bonchev–Trinajstić information content (AvgIpc) is 2.07. The minimum absolute atomic E-state index is 0.813. The van der Waals surface area contributed by atoms with E-state index in [2.05, 4.69) is 27.6 Å². The first-order valence-corrected chi connectivity index (χ1v) is 4.65. The van der Waals surface area contributed by atoms with Crippen LogP contribution in [0.4, 0.5) is 5.69 Å². The summed E-state index contributed by atoms with van der Waals surface area (Å²) in [5.41, 5.74) is 6.61. The number of aromatic nitrogens is 1. The second-order valence-corrected chi connectivity index (χ2v) is 3.68. The molecule has 0 radical (unpaired) electrons. The monoisotopic (exact) mass is 270 g/mol. The van der Waals surface area contributed by atoms with Gasteiger partial charge in [0.1, 0.15) is 3.70 Å². The van der Waals surface area contributed by atoms with Crippen LogP contribution in [0.1, 0.15) is 0 Å². The van der Waals surface area contributed by atoms with E-state index >= 15 is 0 Å². The van der Waals surface area contributed by atoms with Gasteiger partial charge in [-0.3, -0.25) is 0 Å². The summed E-state index contributed by atoms with van der Waals surface area (Å²) in [6, 6.07) is 7.84. The third-order valence-electron chi connectivity index (χ3n) is 1.76. The molecule has 0 fully saturated rings. The van der Waals surface area contributed by atoms with E-state index in [1.807, 2.05) is 30.5 Å². The topological polar surface area (TPSA) is 38.9 Å². The molecule has 0 unspecified atom stereocenters. The molecular weight excluding hydrogens is 263 g/mol. The number of fused-ring (bicyclic) bond motifs is 1. The second kappa shape index (κ2) is 2.90. The maximum atomic E-state index is 5.79. The molecular formula is C9H7IN2. The second-order valence-electron chi connectivity index (χ2n) is 2.58. The molecule has 0 saturated heterocycles. The van der Waals surface area contributed by atoms with Gasteiger partial charge in [0, 0.05) is 22.7 Å². The molecule has 1 aromatic carbocycles. The van der Waals surface area contributed by atoms with Gasteiger partial charge in [-0.25, -0.2) is 4.98 Å². The van der Waals surface area contributed by atoms with E-state index in [0.29, 0.717) is 0 Å². The molecule has 0 aliphatic carbocycles. The maximum Gasteiger partial charge on any atom is 0.102 e. The highest BCUT2D eigenvalue weighted by molar-refractivity contribution is 14.1. The van der Waals surface area contributed by atoms with Crippen molar-refractivity contribution in [3.63, 3.8) is 0 Å². The lowest BCUT2D eigenvalue weighted by atomic mass is 10.1. The zero-order valence-corrected chi connectivity index (χ0v) is 8.45. The number of anilines is 1. The number of nitrogen functional groups attached to an aromatic ring is 1. The highest BCUT2D eigenvalue weighted by Gasteiger charge is 1.97. The van der Waals surface area contributed by atoms with Crippen molar-refractivity contribution >= 4 is 39.1 Å². The molecule has 2 N–H and O–H groups in total. The maximum absolute atomic E-state index is 5.79. The summed E-state index contributed by atoms with van der Waals surface area (Å²) in [6.07, 6.45) is 1.84. The molecule has 2 nitrogen and oxygen atoms in total. The molecule has 3 heteroatoms. The summed E-state index contributed by atoms with van der Waals surface area (Å²) in [6.45, 7) is 0. The van der Waals surface area contributed by atoms with E-state index in [0.717, 1.165) is 20.2 Å². The van der Waals surface area contributed by atoms with Gasteiger partial charge >= 0.3 is 0 Å². The van der Waals surface area contributed by atoms with E-state index in [1.54, 1.807) is 0 Å². The summed E-state index contributed by atoms with van der Waals surface area (Å²) >= 11 is 2.18. The third-order valence-corrected chi connectivity index (χ3v) is 2.35. The van der Waals surface area contributed by atoms with Crippen molar-refractivity contribution in [1.82, 2.24) is 4.98 Å². The molecule has 0 saturated carbocycles. The zero-order valence-electron chi connectivity index (χ0n) is 6.29. The van der Waals surface area contributed by atoms with Crippen molar-refractivity contribution in [2.75, 3.05) is 5.73 Å². The summed E-state index contributed by atoms with van der Waals surface area (Å²) in [7, 11) is 0. The molecule has 12 heavy (non-hydrogen) atoms. The first kappa shape index (κ1) is 7.79. The van der Waals surface area contributed by atoms with Gasteiger partial charge in [0.15, 0.2) is 0 Å². The van der Waals surface area contributed by atoms with Crippen molar-refractivity contribution in [1.29, 1.82) is 0 Å².